The molecule has 0 radical (unpaired) electrons. The number of benzene rings is 3. The number of halogens is 5. The van der Waals surface area contributed by atoms with E-state index in [2.05, 4.69) is 10.3 Å². The van der Waals surface area contributed by atoms with Crippen molar-refractivity contribution in [2.75, 3.05) is 7.11 Å². The smallest absolute Gasteiger partial charge is 0.416 e. The predicted octanol–water partition coefficient (Wildman–Crippen LogP) is 7.49. The van der Waals surface area contributed by atoms with E-state index in [0.29, 0.717) is 33.6 Å². The molecule has 0 unspecified atom stereocenters. The summed E-state index contributed by atoms with van der Waals surface area (Å²) in [6.07, 6.45) is -2.93. The second-order valence-electron chi connectivity index (χ2n) is 7.47. The Labute approximate surface area is 218 Å². The molecule has 1 saturated heterocycles. The minimum atomic E-state index is -4.54. The van der Waals surface area contributed by atoms with Crippen molar-refractivity contribution in [3.63, 3.8) is 0 Å². The van der Waals surface area contributed by atoms with Gasteiger partial charge in [0.05, 0.1) is 28.3 Å². The molecule has 1 aliphatic heterocycles. The number of hydrogen-bond donors (Lipinski definition) is 1. The summed E-state index contributed by atoms with van der Waals surface area (Å²) in [5.41, 5.74) is 0.599. The van der Waals surface area contributed by atoms with Crippen molar-refractivity contribution < 1.29 is 27.4 Å². The van der Waals surface area contributed by atoms with Gasteiger partial charge in [0.25, 0.3) is 5.91 Å². The fourth-order valence-electron chi connectivity index (χ4n) is 3.15. The fourth-order valence-corrected chi connectivity index (χ4v) is 4.27. The van der Waals surface area contributed by atoms with Crippen LogP contribution in [0.3, 0.4) is 0 Å². The molecule has 4 rings (SSSR count). The van der Waals surface area contributed by atoms with Crippen molar-refractivity contribution in [3.8, 4) is 11.5 Å². The average Bonchev–Trinajstić information content (AvgIpc) is 3.18. The van der Waals surface area contributed by atoms with Gasteiger partial charge in [0, 0.05) is 5.02 Å². The summed E-state index contributed by atoms with van der Waals surface area (Å²) in [4.78, 5) is 16.8. The molecule has 0 atom stereocenters. The van der Waals surface area contributed by atoms with Crippen molar-refractivity contribution in [1.82, 2.24) is 5.32 Å². The lowest BCUT2D eigenvalue weighted by molar-refractivity contribution is -0.137. The zero-order valence-electron chi connectivity index (χ0n) is 18.5. The number of carbonyl (C=O) groups is 1. The topological polar surface area (TPSA) is 59.9 Å². The van der Waals surface area contributed by atoms with E-state index in [1.165, 1.54) is 7.11 Å². The van der Waals surface area contributed by atoms with E-state index < -0.39 is 17.6 Å². The molecule has 1 heterocycles. The lowest BCUT2D eigenvalue weighted by Gasteiger charge is -2.11. The number of amidine groups is 1. The second-order valence-corrected chi connectivity index (χ2v) is 9.35. The van der Waals surface area contributed by atoms with Crippen LogP contribution in [0, 0.1) is 0 Å². The van der Waals surface area contributed by atoms with Gasteiger partial charge in [-0.2, -0.15) is 13.2 Å². The number of thioether (sulfide) groups is 1. The first-order chi connectivity index (χ1) is 17.1. The first-order valence-corrected chi connectivity index (χ1v) is 11.9. The van der Waals surface area contributed by atoms with Crippen molar-refractivity contribution in [2.45, 2.75) is 12.8 Å². The zero-order chi connectivity index (χ0) is 25.9. The Kier molecular flexibility index (Phi) is 7.82. The first-order valence-electron chi connectivity index (χ1n) is 10.3. The maximum Gasteiger partial charge on any atom is 0.416 e. The van der Waals surface area contributed by atoms with Crippen molar-refractivity contribution in [2.24, 2.45) is 4.99 Å². The van der Waals surface area contributed by atoms with Gasteiger partial charge in [0.2, 0.25) is 0 Å². The largest absolute Gasteiger partial charge is 0.493 e. The molecule has 3 aromatic carbocycles. The van der Waals surface area contributed by atoms with Gasteiger partial charge in [-0.1, -0.05) is 41.4 Å². The van der Waals surface area contributed by atoms with Crippen LogP contribution in [0.15, 0.2) is 70.6 Å². The molecule has 0 bridgehead atoms. The Morgan fingerprint density at radius 1 is 1.03 bits per heavy atom. The van der Waals surface area contributed by atoms with E-state index >= 15 is 0 Å². The third-order valence-electron chi connectivity index (χ3n) is 4.94. The Morgan fingerprint density at radius 3 is 2.47 bits per heavy atom. The minimum Gasteiger partial charge on any atom is -0.493 e. The van der Waals surface area contributed by atoms with E-state index in [9.17, 15) is 18.0 Å². The standard InChI is InChI=1S/C25H17Cl2F3N2O3S/c1-34-21-10-15(4-9-20(21)35-13-14-2-6-17(26)7-3-14)11-22-23(33)32-24(36-22)31-19-12-16(25(28,29)30)5-8-18(19)27/h2-12H,13H2,1H3,(H,31,32,33)/b22-11-. The van der Waals surface area contributed by atoms with Crippen LogP contribution in [0.1, 0.15) is 16.7 Å². The number of carbonyl (C=O) groups excluding carboxylic acids is 1. The van der Waals surface area contributed by atoms with E-state index in [4.69, 9.17) is 32.7 Å². The first kappa shape index (κ1) is 25.9. The number of nitrogens with one attached hydrogen (secondary N) is 1. The van der Waals surface area contributed by atoms with Crippen LogP contribution >= 0.6 is 35.0 Å². The van der Waals surface area contributed by atoms with Crippen LogP contribution in [0.5, 0.6) is 11.5 Å². The van der Waals surface area contributed by atoms with E-state index in [1.807, 2.05) is 12.1 Å². The lowest BCUT2D eigenvalue weighted by Crippen LogP contribution is -2.19. The molecular weight excluding hydrogens is 536 g/mol. The maximum atomic E-state index is 13.0. The van der Waals surface area contributed by atoms with Crippen LogP contribution < -0.4 is 14.8 Å². The molecule has 1 N–H and O–H groups in total. The maximum absolute atomic E-state index is 13.0. The zero-order valence-corrected chi connectivity index (χ0v) is 20.9. The molecule has 36 heavy (non-hydrogen) atoms. The van der Waals surface area contributed by atoms with Gasteiger partial charge in [-0.15, -0.1) is 0 Å². The fraction of sp³-hybridized carbons (Fsp3) is 0.120. The van der Waals surface area contributed by atoms with Gasteiger partial charge >= 0.3 is 6.18 Å². The van der Waals surface area contributed by atoms with Gasteiger partial charge in [-0.3, -0.25) is 4.79 Å². The monoisotopic (exact) mass is 552 g/mol. The molecule has 1 amide bonds. The number of nitrogens with zero attached hydrogens (tertiary/aromatic N) is 1. The summed E-state index contributed by atoms with van der Waals surface area (Å²) in [5, 5.41) is 3.32. The van der Waals surface area contributed by atoms with E-state index in [1.54, 1.807) is 36.4 Å². The van der Waals surface area contributed by atoms with Crippen molar-refractivity contribution >= 4 is 57.8 Å². The number of alkyl halides is 3. The van der Waals surface area contributed by atoms with Gasteiger partial charge in [0.15, 0.2) is 16.7 Å². The summed E-state index contributed by atoms with van der Waals surface area (Å²) in [6, 6.07) is 15.2. The predicted molar refractivity (Wildman–Crippen MR) is 136 cm³/mol. The third-order valence-corrected chi connectivity index (χ3v) is 6.42. The number of rotatable bonds is 6. The van der Waals surface area contributed by atoms with Crippen LogP contribution in [0.4, 0.5) is 18.9 Å². The van der Waals surface area contributed by atoms with Crippen LogP contribution in [-0.4, -0.2) is 18.2 Å². The lowest BCUT2D eigenvalue weighted by atomic mass is 10.2. The van der Waals surface area contributed by atoms with Crippen LogP contribution in [0.25, 0.3) is 6.08 Å². The van der Waals surface area contributed by atoms with Gasteiger partial charge < -0.3 is 14.8 Å². The number of aliphatic imine (C=N–C) groups is 1. The molecule has 3 aromatic rings. The molecule has 11 heteroatoms. The highest BCUT2D eigenvalue weighted by Gasteiger charge is 2.31. The van der Waals surface area contributed by atoms with E-state index in [-0.39, 0.29) is 15.9 Å². The minimum absolute atomic E-state index is 0.0294. The highest BCUT2D eigenvalue weighted by Crippen LogP contribution is 2.37. The SMILES string of the molecule is COc1cc(/C=C2\SC(=Nc3cc(C(F)(F)F)ccc3Cl)NC2=O)ccc1OCc1ccc(Cl)cc1. The average molecular weight is 553 g/mol. The number of hydrogen-bond acceptors (Lipinski definition) is 5. The van der Waals surface area contributed by atoms with Crippen molar-refractivity contribution in [1.29, 1.82) is 0 Å². The Hall–Kier alpha value is -3.14. The van der Waals surface area contributed by atoms with Crippen LogP contribution in [-0.2, 0) is 17.6 Å². The molecule has 0 aliphatic carbocycles. The summed E-state index contributed by atoms with van der Waals surface area (Å²) in [6.45, 7) is 0.310. The summed E-state index contributed by atoms with van der Waals surface area (Å²) >= 11 is 12.9. The third kappa shape index (κ3) is 6.34. The molecule has 0 spiro atoms. The molecule has 186 valence electrons. The van der Waals surface area contributed by atoms with Gasteiger partial charge in [0.1, 0.15) is 6.61 Å². The molecule has 0 saturated carbocycles. The summed E-state index contributed by atoms with van der Waals surface area (Å²) < 4.78 is 50.3. The van der Waals surface area contributed by atoms with Gasteiger partial charge in [-0.25, -0.2) is 4.99 Å². The quantitative estimate of drug-likeness (QED) is 0.322. The van der Waals surface area contributed by atoms with Crippen LogP contribution in [0.2, 0.25) is 10.0 Å². The molecule has 5 nitrogen and oxygen atoms in total. The molecular formula is C25H17Cl2F3N2O3S. The molecule has 0 aromatic heterocycles. The Balaban J connectivity index is 1.51. The molecule has 1 fully saturated rings. The number of methoxy groups -OCH3 is 1. The highest BCUT2D eigenvalue weighted by atomic mass is 35.5. The Bertz CT molecular complexity index is 1360. The number of amides is 1. The van der Waals surface area contributed by atoms with Crippen molar-refractivity contribution in [3.05, 3.63) is 92.3 Å². The van der Waals surface area contributed by atoms with E-state index in [0.717, 1.165) is 35.5 Å². The Morgan fingerprint density at radius 2 is 1.78 bits per heavy atom. The highest BCUT2D eigenvalue weighted by molar-refractivity contribution is 8.18. The summed E-state index contributed by atoms with van der Waals surface area (Å²) in [7, 11) is 1.50. The number of ether oxygens (including phenoxy) is 2. The van der Waals surface area contributed by atoms with Gasteiger partial charge in [-0.05, 0) is 71.4 Å². The molecule has 1 aliphatic rings. The normalized spacial score (nSPS) is 15.9. The summed E-state index contributed by atoms with van der Waals surface area (Å²) in [5.74, 6) is 0.537. The second kappa shape index (κ2) is 10.9.